The molecule has 0 radical (unpaired) electrons. The van der Waals surface area contributed by atoms with Crippen LogP contribution >= 0.6 is 7.26 Å². The van der Waals surface area contributed by atoms with E-state index >= 15 is 0 Å². The molecule has 0 aliphatic carbocycles. The van der Waals surface area contributed by atoms with Gasteiger partial charge in [-0.05, 0) is 20.8 Å². The maximum Gasteiger partial charge on any atom is 0.0636 e. The van der Waals surface area contributed by atoms with Crippen molar-refractivity contribution in [2.75, 3.05) is 19.5 Å². The van der Waals surface area contributed by atoms with Gasteiger partial charge in [0.1, 0.15) is 0 Å². The first kappa shape index (κ1) is 12.1. The van der Waals surface area contributed by atoms with Crippen molar-refractivity contribution < 1.29 is 5.48 Å². The topological polar surface area (TPSA) is 30.0 Å². The van der Waals surface area contributed by atoms with Gasteiger partial charge >= 0.3 is 0 Å². The third-order valence-corrected chi connectivity index (χ3v) is 6.64. The van der Waals surface area contributed by atoms with E-state index in [0.29, 0.717) is 0 Å². The summed E-state index contributed by atoms with van der Waals surface area (Å²) in [6.45, 7) is 11.8. The van der Waals surface area contributed by atoms with E-state index in [0.717, 1.165) is 5.66 Å². The van der Waals surface area contributed by atoms with E-state index in [2.05, 4.69) is 34.1 Å². The Morgan fingerprint density at radius 1 is 1.22 bits per heavy atom. The van der Waals surface area contributed by atoms with Gasteiger partial charge < -0.3 is 5.48 Å². The normalized spacial score (nSPS) is 11.3. The zero-order valence-electron chi connectivity index (χ0n) is 7.18. The molecule has 0 heterocycles. The summed E-state index contributed by atoms with van der Waals surface area (Å²) in [5, 5.41) is 0. The molecule has 0 saturated carbocycles. The Hall–Kier alpha value is 0.390. The van der Waals surface area contributed by atoms with Crippen LogP contribution in [0.25, 0.3) is 0 Å². The lowest BCUT2D eigenvalue weighted by Crippen LogP contribution is -2.04. The van der Waals surface area contributed by atoms with Crippen molar-refractivity contribution in [1.82, 2.24) is 0 Å². The lowest BCUT2D eigenvalue weighted by Gasteiger charge is -2.19. The van der Waals surface area contributed by atoms with E-state index in [9.17, 15) is 0 Å². The van der Waals surface area contributed by atoms with Crippen LogP contribution in [0.5, 0.6) is 0 Å². The summed E-state index contributed by atoms with van der Waals surface area (Å²) in [5.74, 6) is 0. The van der Waals surface area contributed by atoms with Crippen molar-refractivity contribution in [1.29, 1.82) is 0 Å². The molecule has 58 valence electrons. The predicted molar refractivity (Wildman–Crippen MR) is 46.4 cm³/mol. The zero-order chi connectivity index (χ0) is 6.78. The molecule has 0 aliphatic heterocycles. The molecule has 1 N–H and O–H groups in total. The summed E-state index contributed by atoms with van der Waals surface area (Å²) in [4.78, 5) is 0. The molecule has 0 fully saturated rings. The summed E-state index contributed by atoms with van der Waals surface area (Å²) in [7, 11) is -0.495. The highest BCUT2D eigenvalue weighted by atomic mass is 31.2. The highest BCUT2D eigenvalue weighted by Crippen LogP contribution is 2.54. The third kappa shape index (κ3) is 3.89. The van der Waals surface area contributed by atoms with Gasteiger partial charge in [0.25, 0.3) is 0 Å². The molecule has 0 aromatic rings. The van der Waals surface area contributed by atoms with Gasteiger partial charge in [0, 0.05) is 20.6 Å². The van der Waals surface area contributed by atoms with Gasteiger partial charge in [-0.1, -0.05) is 0 Å². The average molecular weight is 150 g/mol. The van der Waals surface area contributed by atoms with Crippen LogP contribution in [0.1, 0.15) is 20.8 Å². The molecule has 0 bridgehead atoms. The zero-order valence-corrected chi connectivity index (χ0v) is 8.07. The first-order valence-electron chi connectivity index (χ1n) is 3.33. The van der Waals surface area contributed by atoms with Crippen LogP contribution in [0.2, 0.25) is 0 Å². The first-order valence-corrected chi connectivity index (χ1v) is 6.27. The van der Waals surface area contributed by atoms with E-state index in [-0.39, 0.29) is 5.48 Å². The molecule has 0 aromatic carbocycles. The third-order valence-electron chi connectivity index (χ3n) is 2.21. The maximum atomic E-state index is 2.43. The van der Waals surface area contributed by atoms with Gasteiger partial charge in [-0.25, -0.2) is 0 Å². The van der Waals surface area contributed by atoms with Gasteiger partial charge in [0.05, 0.1) is 11.8 Å². The molecule has 0 rings (SSSR count). The van der Waals surface area contributed by atoms with Crippen LogP contribution in [-0.4, -0.2) is 30.6 Å². The van der Waals surface area contributed by atoms with Gasteiger partial charge in [-0.15, -0.1) is 0 Å². The fraction of sp³-hybridized carbons (Fsp3) is 1.00. The summed E-state index contributed by atoms with van der Waals surface area (Å²) < 4.78 is 0. The van der Waals surface area contributed by atoms with E-state index in [1.54, 1.807) is 0 Å². The van der Waals surface area contributed by atoms with Crippen LogP contribution < -0.4 is 0 Å². The quantitative estimate of drug-likeness (QED) is 0.556. The lowest BCUT2D eigenvalue weighted by atomic mass is 10.6. The highest BCUT2D eigenvalue weighted by molar-refractivity contribution is 7.75. The second-order valence-electron chi connectivity index (χ2n) is 3.19. The Kier molecular flexibility index (Phi) is 5.71. The Bertz CT molecular complexity index is 69.3. The van der Waals surface area contributed by atoms with E-state index in [1.807, 2.05) is 0 Å². The monoisotopic (exact) mass is 150 g/mol. The summed E-state index contributed by atoms with van der Waals surface area (Å²) in [6.07, 6.45) is 1.39. The smallest absolute Gasteiger partial charge is 0.0636 e. The van der Waals surface area contributed by atoms with Gasteiger partial charge in [-0.2, -0.15) is 0 Å². The average Bonchev–Trinajstić information content (AvgIpc) is 1.67. The number of hydrogen-bond donors (Lipinski definition) is 0. The van der Waals surface area contributed by atoms with Crippen LogP contribution in [0.4, 0.5) is 0 Å². The maximum absolute atomic E-state index is 2.43. The molecule has 0 aliphatic rings. The Balaban J connectivity index is 0. The fourth-order valence-electron chi connectivity index (χ4n) is 0.365. The van der Waals surface area contributed by atoms with E-state index in [1.165, 1.54) is 6.16 Å². The summed E-state index contributed by atoms with van der Waals surface area (Å²) >= 11 is 0. The van der Waals surface area contributed by atoms with E-state index in [4.69, 9.17) is 0 Å². The van der Waals surface area contributed by atoms with Crippen molar-refractivity contribution in [2.24, 2.45) is 0 Å². The minimum absolute atomic E-state index is 0. The lowest BCUT2D eigenvalue weighted by molar-refractivity contribution is 0.824. The van der Waals surface area contributed by atoms with Crippen LogP contribution in [0.15, 0.2) is 0 Å². The molecule has 0 saturated heterocycles. The molecular weight excluding hydrogens is 131 g/mol. The van der Waals surface area contributed by atoms with Crippen LogP contribution in [0.3, 0.4) is 0 Å². The molecule has 9 heavy (non-hydrogen) atoms. The van der Waals surface area contributed by atoms with Crippen molar-refractivity contribution in [2.45, 2.75) is 26.4 Å². The van der Waals surface area contributed by atoms with Crippen LogP contribution in [-0.2, 0) is 0 Å². The largest absolute Gasteiger partial charge is 0.870 e. The summed E-state index contributed by atoms with van der Waals surface area (Å²) in [5.41, 5.74) is 0.924. The van der Waals surface area contributed by atoms with Crippen molar-refractivity contribution in [3.8, 4) is 0 Å². The Morgan fingerprint density at radius 2 is 1.56 bits per heavy atom. The molecule has 0 amide bonds. The molecule has 0 spiro atoms. The standard InChI is InChI=1S/C7H18P.H2O/c1-6-8(4,5)7(2)3;/h7H,6H2,1-5H3;1H2/q+1;/p-1. The van der Waals surface area contributed by atoms with Crippen molar-refractivity contribution >= 4 is 7.26 Å². The summed E-state index contributed by atoms with van der Waals surface area (Å²) in [6, 6.07) is 0. The minimum atomic E-state index is -0.495. The first-order chi connectivity index (χ1) is 3.50. The highest BCUT2D eigenvalue weighted by Gasteiger charge is 2.25. The fourth-order valence-corrected chi connectivity index (χ4v) is 1.10. The number of rotatable bonds is 2. The van der Waals surface area contributed by atoms with Crippen LogP contribution in [0, 0.1) is 0 Å². The molecule has 1 nitrogen and oxygen atoms in total. The Morgan fingerprint density at radius 3 is 1.56 bits per heavy atom. The molecule has 2 heteroatoms. The molecule has 0 atom stereocenters. The molecule has 0 aromatic heterocycles. The van der Waals surface area contributed by atoms with Crippen molar-refractivity contribution in [3.05, 3.63) is 0 Å². The SMILES string of the molecule is CC[P+](C)(C)C(C)C.[OH-]. The minimum Gasteiger partial charge on any atom is -0.870 e. The van der Waals surface area contributed by atoms with Gasteiger partial charge in [-0.3, -0.25) is 0 Å². The van der Waals surface area contributed by atoms with Gasteiger partial charge in [0.2, 0.25) is 0 Å². The van der Waals surface area contributed by atoms with E-state index < -0.39 is 7.26 Å². The second kappa shape index (κ2) is 4.24. The molecule has 0 unspecified atom stereocenters. The second-order valence-corrected chi connectivity index (χ2v) is 8.41. The van der Waals surface area contributed by atoms with Gasteiger partial charge in [0.15, 0.2) is 0 Å². The predicted octanol–water partition coefficient (Wildman–Crippen LogP) is 2.52. The Labute approximate surface area is 59.5 Å². The number of hydrogen-bond acceptors (Lipinski definition) is 1. The molecular formula is C7H19OP. The van der Waals surface area contributed by atoms with Crippen molar-refractivity contribution in [3.63, 3.8) is 0 Å².